The number of fused-ring (bicyclic) bond motifs is 1. The van der Waals surface area contributed by atoms with Crippen molar-refractivity contribution in [2.75, 3.05) is 0 Å². The van der Waals surface area contributed by atoms with Crippen molar-refractivity contribution in [3.63, 3.8) is 0 Å². The maximum Gasteiger partial charge on any atom is 0.193 e. The Labute approximate surface area is 81.2 Å². The zero-order valence-corrected chi connectivity index (χ0v) is 7.89. The number of carbonyl (C=O) groups excluding carboxylic acids is 1. The number of aliphatic imine (C=N–C) groups is 1. The van der Waals surface area contributed by atoms with Crippen molar-refractivity contribution in [3.05, 3.63) is 23.8 Å². The first-order valence-corrected chi connectivity index (χ1v) is 4.37. The van der Waals surface area contributed by atoms with Gasteiger partial charge in [0.1, 0.15) is 0 Å². The molecule has 13 heavy (non-hydrogen) atoms. The van der Waals surface area contributed by atoms with Gasteiger partial charge in [0.25, 0.3) is 0 Å². The van der Waals surface area contributed by atoms with Gasteiger partial charge in [0, 0.05) is 5.57 Å². The smallest absolute Gasteiger partial charge is 0.193 e. The third kappa shape index (κ3) is 1.45. The second kappa shape index (κ2) is 2.88. The van der Waals surface area contributed by atoms with Crippen molar-refractivity contribution in [2.24, 2.45) is 4.99 Å². The highest BCUT2D eigenvalue weighted by Crippen LogP contribution is 2.13. The summed E-state index contributed by atoms with van der Waals surface area (Å²) in [7, 11) is 0. The maximum absolute atomic E-state index is 11.0. The van der Waals surface area contributed by atoms with Crippen LogP contribution in [0.4, 0.5) is 0 Å². The zero-order chi connectivity index (χ0) is 9.42. The molecular formula is C9H8N2OS. The van der Waals surface area contributed by atoms with Crippen LogP contribution in [0.1, 0.15) is 6.92 Å². The average molecular weight is 192 g/mol. The van der Waals surface area contributed by atoms with E-state index in [-0.39, 0.29) is 11.8 Å². The largest absolute Gasteiger partial charge is 0.349 e. The van der Waals surface area contributed by atoms with Crippen LogP contribution in [0, 0.1) is 0 Å². The molecule has 0 fully saturated rings. The van der Waals surface area contributed by atoms with E-state index in [1.165, 1.54) is 6.92 Å². The molecule has 0 amide bonds. The number of nitrogens with zero attached hydrogens (tertiary/aromatic N) is 1. The van der Waals surface area contributed by atoms with Crippen LogP contribution < -0.4 is 5.32 Å². The Morgan fingerprint density at radius 2 is 2.46 bits per heavy atom. The van der Waals surface area contributed by atoms with E-state index in [0.717, 1.165) is 5.71 Å². The number of allylic oxidation sites excluding steroid dienone is 2. The summed E-state index contributed by atoms with van der Waals surface area (Å²) in [6.45, 7) is 1.54. The van der Waals surface area contributed by atoms with E-state index in [4.69, 9.17) is 12.2 Å². The highest BCUT2D eigenvalue weighted by atomic mass is 32.1. The normalized spacial score (nSPS) is 24.7. The highest BCUT2D eigenvalue weighted by molar-refractivity contribution is 7.80. The second-order valence-corrected chi connectivity index (χ2v) is 3.37. The van der Waals surface area contributed by atoms with Crippen molar-refractivity contribution in [1.82, 2.24) is 5.32 Å². The molecule has 1 heterocycles. The number of carbonyl (C=O) groups is 1. The highest BCUT2D eigenvalue weighted by Gasteiger charge is 2.23. The second-order valence-electron chi connectivity index (χ2n) is 2.98. The number of rotatable bonds is 1. The molecule has 1 atom stereocenters. The summed E-state index contributed by atoms with van der Waals surface area (Å²) in [6.07, 6.45) is 5.47. The molecule has 0 aromatic heterocycles. The summed E-state index contributed by atoms with van der Waals surface area (Å²) in [6, 6.07) is 0.0654. The van der Waals surface area contributed by atoms with Gasteiger partial charge in [0.2, 0.25) is 0 Å². The fourth-order valence-corrected chi connectivity index (χ4v) is 1.55. The predicted molar refractivity (Wildman–Crippen MR) is 54.9 cm³/mol. The lowest BCUT2D eigenvalue weighted by Gasteiger charge is -2.11. The molecule has 0 aromatic rings. The van der Waals surface area contributed by atoms with Gasteiger partial charge in [-0.15, -0.1) is 0 Å². The number of hydrogen-bond donors (Lipinski definition) is 1. The molecule has 0 radical (unpaired) electrons. The summed E-state index contributed by atoms with van der Waals surface area (Å²) in [4.78, 5) is 15.1. The van der Waals surface area contributed by atoms with Gasteiger partial charge in [-0.2, -0.15) is 0 Å². The van der Waals surface area contributed by atoms with E-state index in [9.17, 15) is 4.79 Å². The molecule has 1 N–H and O–H groups in total. The molecule has 3 nitrogen and oxygen atoms in total. The molecule has 0 aromatic carbocycles. The van der Waals surface area contributed by atoms with Crippen LogP contribution in [0.15, 0.2) is 28.8 Å². The first kappa shape index (κ1) is 8.31. The van der Waals surface area contributed by atoms with Crippen LogP contribution in [0.25, 0.3) is 0 Å². The van der Waals surface area contributed by atoms with Gasteiger partial charge in [-0.3, -0.25) is 4.79 Å². The topological polar surface area (TPSA) is 41.5 Å². The van der Waals surface area contributed by atoms with E-state index in [2.05, 4.69) is 10.3 Å². The summed E-state index contributed by atoms with van der Waals surface area (Å²) < 4.78 is 0. The summed E-state index contributed by atoms with van der Waals surface area (Å²) in [5.41, 5.74) is 1.51. The lowest BCUT2D eigenvalue weighted by molar-refractivity contribution is -0.113. The van der Waals surface area contributed by atoms with Gasteiger partial charge >= 0.3 is 0 Å². The first-order valence-electron chi connectivity index (χ1n) is 3.97. The Kier molecular flexibility index (Phi) is 1.84. The Morgan fingerprint density at radius 1 is 1.69 bits per heavy atom. The minimum Gasteiger partial charge on any atom is -0.349 e. The van der Waals surface area contributed by atoms with Gasteiger partial charge in [0.15, 0.2) is 10.9 Å². The SMILES string of the molecule is CC(=O)C1=CC2=NC(=S)NC2C=C1. The van der Waals surface area contributed by atoms with E-state index in [1.807, 2.05) is 6.08 Å². The number of nitrogens with one attached hydrogen (secondary N) is 1. The summed E-state index contributed by atoms with van der Waals surface area (Å²) in [5.74, 6) is 0.0511. The van der Waals surface area contributed by atoms with Crippen LogP contribution in [0.5, 0.6) is 0 Å². The molecule has 1 aliphatic carbocycles. The van der Waals surface area contributed by atoms with Gasteiger partial charge < -0.3 is 5.32 Å². The summed E-state index contributed by atoms with van der Waals surface area (Å²) in [5, 5.41) is 3.49. The molecule has 66 valence electrons. The van der Waals surface area contributed by atoms with E-state index >= 15 is 0 Å². The van der Waals surface area contributed by atoms with Crippen molar-refractivity contribution in [3.8, 4) is 0 Å². The van der Waals surface area contributed by atoms with Crippen molar-refractivity contribution in [2.45, 2.75) is 13.0 Å². The van der Waals surface area contributed by atoms with E-state index < -0.39 is 0 Å². The summed E-state index contributed by atoms with van der Waals surface area (Å²) >= 11 is 4.89. The van der Waals surface area contributed by atoms with Crippen LogP contribution in [0.3, 0.4) is 0 Å². The Hall–Kier alpha value is -1.29. The Morgan fingerprint density at radius 3 is 3.15 bits per heavy atom. The van der Waals surface area contributed by atoms with Crippen LogP contribution in [0.2, 0.25) is 0 Å². The molecular weight excluding hydrogens is 184 g/mol. The molecule has 0 bridgehead atoms. The van der Waals surface area contributed by atoms with Gasteiger partial charge in [0.05, 0.1) is 11.8 Å². The van der Waals surface area contributed by atoms with Gasteiger partial charge in [-0.1, -0.05) is 12.2 Å². The van der Waals surface area contributed by atoms with Crippen LogP contribution in [-0.4, -0.2) is 22.6 Å². The standard InChI is InChI=1S/C9H8N2OS/c1-5(12)6-2-3-7-8(4-6)11-9(13)10-7/h2-4,7H,1H3,(H,10,13). The molecule has 2 rings (SSSR count). The van der Waals surface area contributed by atoms with Crippen molar-refractivity contribution < 1.29 is 4.79 Å². The monoisotopic (exact) mass is 192 g/mol. The number of Topliss-reactive ketones (excluding diaryl/α,β-unsaturated/α-hetero) is 1. The number of hydrogen-bond acceptors (Lipinski definition) is 2. The third-order valence-corrected chi connectivity index (χ3v) is 2.22. The van der Waals surface area contributed by atoms with Gasteiger partial charge in [-0.05, 0) is 25.2 Å². The van der Waals surface area contributed by atoms with E-state index in [0.29, 0.717) is 10.7 Å². The van der Waals surface area contributed by atoms with E-state index in [1.54, 1.807) is 12.2 Å². The van der Waals surface area contributed by atoms with Crippen LogP contribution in [-0.2, 0) is 4.79 Å². The maximum atomic E-state index is 11.0. The molecule has 0 saturated carbocycles. The number of thiocarbonyl (C=S) groups is 1. The van der Waals surface area contributed by atoms with Crippen LogP contribution >= 0.6 is 12.2 Å². The molecule has 0 saturated heterocycles. The lowest BCUT2D eigenvalue weighted by Crippen LogP contribution is -2.30. The van der Waals surface area contributed by atoms with Gasteiger partial charge in [-0.25, -0.2) is 4.99 Å². The average Bonchev–Trinajstić information content (AvgIpc) is 2.42. The fourth-order valence-electron chi connectivity index (χ4n) is 1.32. The quantitative estimate of drug-likeness (QED) is 0.624. The molecule has 2 aliphatic rings. The van der Waals surface area contributed by atoms with Crippen molar-refractivity contribution in [1.29, 1.82) is 0 Å². The lowest BCUT2D eigenvalue weighted by atomic mass is 10.00. The molecule has 1 aliphatic heterocycles. The minimum absolute atomic E-state index is 0.0511. The third-order valence-electron chi connectivity index (χ3n) is 2.01. The van der Waals surface area contributed by atoms with Crippen molar-refractivity contribution >= 4 is 28.8 Å². The predicted octanol–water partition coefficient (Wildman–Crippen LogP) is 0.769. The zero-order valence-electron chi connectivity index (χ0n) is 7.07. The number of ketones is 1. The fraction of sp³-hybridized carbons (Fsp3) is 0.222. The molecule has 0 spiro atoms. The minimum atomic E-state index is 0.0511. The molecule has 1 unspecified atom stereocenters. The molecule has 4 heteroatoms. The first-order chi connectivity index (χ1) is 6.16. The Balaban J connectivity index is 2.35. The Bertz CT molecular complexity index is 379.